The van der Waals surface area contributed by atoms with Crippen molar-refractivity contribution in [2.24, 2.45) is 0 Å². The van der Waals surface area contributed by atoms with Crippen molar-refractivity contribution in [2.75, 3.05) is 6.54 Å². The molecule has 0 bridgehead atoms. The van der Waals surface area contributed by atoms with Crippen LogP contribution in [0.5, 0.6) is 0 Å². The number of aromatic nitrogens is 4. The Kier molecular flexibility index (Phi) is 4.21. The lowest BCUT2D eigenvalue weighted by atomic mass is 9.97. The van der Waals surface area contributed by atoms with E-state index in [4.69, 9.17) is 0 Å². The third kappa shape index (κ3) is 3.02. The van der Waals surface area contributed by atoms with Gasteiger partial charge in [0.1, 0.15) is 18.0 Å². The molecular weight excluding hydrogens is 286 g/mol. The Bertz CT molecular complexity index is 745. The predicted molar refractivity (Wildman–Crippen MR) is 78.2 cm³/mol. The van der Waals surface area contributed by atoms with Gasteiger partial charge in [-0.05, 0) is 19.4 Å². The van der Waals surface area contributed by atoms with E-state index in [2.05, 4.69) is 20.3 Å². The standard InChI is InChI=1S/C14H17N5O3/c20-9(4-11-12(21)2-1-3-16-11)6-19-8-18-13-10(14(19)22)5-15-7-17-13/h5,7-8,11-12,16,21H,1-4,6H2. The highest BCUT2D eigenvalue weighted by Gasteiger charge is 2.25. The Morgan fingerprint density at radius 3 is 3.14 bits per heavy atom. The molecule has 1 aliphatic rings. The molecule has 0 radical (unpaired) electrons. The number of aliphatic hydroxyl groups is 1. The van der Waals surface area contributed by atoms with Crippen LogP contribution in [0.15, 0.2) is 23.6 Å². The maximum atomic E-state index is 12.2. The molecule has 8 nitrogen and oxygen atoms in total. The van der Waals surface area contributed by atoms with Crippen LogP contribution in [0.4, 0.5) is 0 Å². The van der Waals surface area contributed by atoms with Crippen LogP contribution in [0.1, 0.15) is 19.3 Å². The van der Waals surface area contributed by atoms with E-state index in [0.717, 1.165) is 13.0 Å². The Labute approximate surface area is 126 Å². The predicted octanol–water partition coefficient (Wildman–Crippen LogP) is -0.741. The lowest BCUT2D eigenvalue weighted by Gasteiger charge is -2.28. The molecule has 0 saturated carbocycles. The lowest BCUT2D eigenvalue weighted by Crippen LogP contribution is -2.46. The number of nitrogens with one attached hydrogen (secondary N) is 1. The fraction of sp³-hybridized carbons (Fsp3) is 0.500. The molecule has 3 heterocycles. The molecule has 2 atom stereocenters. The number of nitrogens with zero attached hydrogens (tertiary/aromatic N) is 4. The number of Topliss-reactive ketones (excluding diaryl/α,β-unsaturated/α-hetero) is 1. The molecule has 1 aliphatic heterocycles. The van der Waals surface area contributed by atoms with Gasteiger partial charge in [0, 0.05) is 18.7 Å². The van der Waals surface area contributed by atoms with Gasteiger partial charge in [-0.2, -0.15) is 0 Å². The normalized spacial score (nSPS) is 21.9. The zero-order valence-electron chi connectivity index (χ0n) is 12.0. The highest BCUT2D eigenvalue weighted by atomic mass is 16.3. The molecule has 2 aromatic heterocycles. The van der Waals surface area contributed by atoms with Crippen LogP contribution < -0.4 is 10.9 Å². The molecule has 8 heteroatoms. The third-order valence-corrected chi connectivity index (χ3v) is 3.84. The van der Waals surface area contributed by atoms with Gasteiger partial charge in [-0.1, -0.05) is 0 Å². The molecule has 0 aliphatic carbocycles. The minimum Gasteiger partial charge on any atom is -0.391 e. The summed E-state index contributed by atoms with van der Waals surface area (Å²) in [5, 5.41) is 13.3. The first-order valence-electron chi connectivity index (χ1n) is 7.23. The van der Waals surface area contributed by atoms with Crippen molar-refractivity contribution in [1.29, 1.82) is 0 Å². The van der Waals surface area contributed by atoms with Gasteiger partial charge in [0.25, 0.3) is 5.56 Å². The van der Waals surface area contributed by atoms with Gasteiger partial charge in [0.05, 0.1) is 12.6 Å². The molecule has 116 valence electrons. The van der Waals surface area contributed by atoms with Crippen LogP contribution in [-0.4, -0.2) is 49.1 Å². The van der Waals surface area contributed by atoms with Gasteiger partial charge >= 0.3 is 0 Å². The van der Waals surface area contributed by atoms with Crippen LogP contribution in [0, 0.1) is 0 Å². The second-order valence-corrected chi connectivity index (χ2v) is 5.45. The van der Waals surface area contributed by atoms with E-state index in [1.807, 2.05) is 0 Å². The molecular formula is C14H17N5O3. The number of hydrogen-bond acceptors (Lipinski definition) is 7. The quantitative estimate of drug-likeness (QED) is 0.765. The monoisotopic (exact) mass is 303 g/mol. The molecule has 3 rings (SSSR count). The first kappa shape index (κ1) is 14.7. The van der Waals surface area contributed by atoms with Gasteiger partial charge in [-0.25, -0.2) is 15.0 Å². The first-order chi connectivity index (χ1) is 10.6. The number of carbonyl (C=O) groups is 1. The number of rotatable bonds is 4. The molecule has 22 heavy (non-hydrogen) atoms. The second-order valence-electron chi connectivity index (χ2n) is 5.45. The Balaban J connectivity index is 1.74. The van der Waals surface area contributed by atoms with E-state index in [1.54, 1.807) is 0 Å². The van der Waals surface area contributed by atoms with Gasteiger partial charge in [-0.3, -0.25) is 14.2 Å². The van der Waals surface area contributed by atoms with Crippen molar-refractivity contribution < 1.29 is 9.90 Å². The fourth-order valence-corrected chi connectivity index (χ4v) is 2.66. The average molecular weight is 303 g/mol. The largest absolute Gasteiger partial charge is 0.391 e. The minimum absolute atomic E-state index is 0.0679. The summed E-state index contributed by atoms with van der Waals surface area (Å²) in [5.74, 6) is -0.126. The summed E-state index contributed by atoms with van der Waals surface area (Å²) >= 11 is 0. The molecule has 2 aromatic rings. The van der Waals surface area contributed by atoms with E-state index in [9.17, 15) is 14.7 Å². The van der Waals surface area contributed by atoms with E-state index >= 15 is 0 Å². The van der Waals surface area contributed by atoms with Crippen LogP contribution in [0.3, 0.4) is 0 Å². The average Bonchev–Trinajstić information content (AvgIpc) is 2.53. The van der Waals surface area contributed by atoms with E-state index in [1.165, 1.54) is 23.4 Å². The number of carbonyl (C=O) groups excluding carboxylic acids is 1. The summed E-state index contributed by atoms with van der Waals surface area (Å²) in [6.45, 7) is 0.728. The summed E-state index contributed by atoms with van der Waals surface area (Å²) in [7, 11) is 0. The van der Waals surface area contributed by atoms with Crippen LogP contribution in [-0.2, 0) is 11.3 Å². The Morgan fingerprint density at radius 1 is 1.45 bits per heavy atom. The number of ketones is 1. The highest BCUT2D eigenvalue weighted by Crippen LogP contribution is 2.12. The van der Waals surface area contributed by atoms with Crippen molar-refractivity contribution in [3.05, 3.63) is 29.2 Å². The number of hydrogen-bond donors (Lipinski definition) is 2. The molecule has 1 fully saturated rings. The minimum atomic E-state index is -0.516. The molecule has 1 saturated heterocycles. The van der Waals surface area contributed by atoms with Gasteiger partial charge in [0.15, 0.2) is 11.4 Å². The summed E-state index contributed by atoms with van der Waals surface area (Å²) < 4.78 is 1.25. The van der Waals surface area contributed by atoms with Gasteiger partial charge < -0.3 is 10.4 Å². The maximum absolute atomic E-state index is 12.2. The summed E-state index contributed by atoms with van der Waals surface area (Å²) in [4.78, 5) is 36.1. The van der Waals surface area contributed by atoms with Crippen molar-refractivity contribution >= 4 is 16.8 Å². The maximum Gasteiger partial charge on any atom is 0.264 e. The Hall–Kier alpha value is -2.19. The van der Waals surface area contributed by atoms with Gasteiger partial charge in [0.2, 0.25) is 0 Å². The van der Waals surface area contributed by atoms with Crippen LogP contribution >= 0.6 is 0 Å². The lowest BCUT2D eigenvalue weighted by molar-refractivity contribution is -0.121. The molecule has 2 unspecified atom stereocenters. The van der Waals surface area contributed by atoms with Crippen molar-refractivity contribution in [1.82, 2.24) is 24.8 Å². The number of piperidine rings is 1. The summed E-state index contributed by atoms with van der Waals surface area (Å²) in [6.07, 6.45) is 5.31. The zero-order valence-corrected chi connectivity index (χ0v) is 12.0. The fourth-order valence-electron chi connectivity index (χ4n) is 2.66. The van der Waals surface area contributed by atoms with Gasteiger partial charge in [-0.15, -0.1) is 0 Å². The number of aliphatic hydroxyl groups excluding tert-OH is 1. The van der Waals surface area contributed by atoms with Crippen LogP contribution in [0.25, 0.3) is 11.0 Å². The van der Waals surface area contributed by atoms with Crippen molar-refractivity contribution in [3.8, 4) is 0 Å². The number of fused-ring (bicyclic) bond motifs is 1. The first-order valence-corrected chi connectivity index (χ1v) is 7.23. The van der Waals surface area contributed by atoms with Crippen molar-refractivity contribution in [2.45, 2.75) is 38.0 Å². The SMILES string of the molecule is O=C(CC1NCCCC1O)Cn1cnc2ncncc2c1=O. The van der Waals surface area contributed by atoms with Crippen molar-refractivity contribution in [3.63, 3.8) is 0 Å². The second kappa shape index (κ2) is 6.29. The molecule has 0 aromatic carbocycles. The highest BCUT2D eigenvalue weighted by molar-refractivity contribution is 5.79. The topological polar surface area (TPSA) is 110 Å². The smallest absolute Gasteiger partial charge is 0.264 e. The van der Waals surface area contributed by atoms with E-state index < -0.39 is 6.10 Å². The Morgan fingerprint density at radius 2 is 2.32 bits per heavy atom. The molecule has 2 N–H and O–H groups in total. The molecule has 0 amide bonds. The summed E-state index contributed by atoms with van der Waals surface area (Å²) in [6, 6.07) is -0.242. The van der Waals surface area contributed by atoms with E-state index in [-0.39, 0.29) is 35.7 Å². The van der Waals surface area contributed by atoms with E-state index in [0.29, 0.717) is 12.1 Å². The summed E-state index contributed by atoms with van der Waals surface area (Å²) in [5.41, 5.74) is -0.0239. The molecule has 0 spiro atoms. The third-order valence-electron chi connectivity index (χ3n) is 3.84. The van der Waals surface area contributed by atoms with Crippen LogP contribution in [0.2, 0.25) is 0 Å². The zero-order chi connectivity index (χ0) is 15.5.